The number of carboxylic acids is 1. The van der Waals surface area contributed by atoms with Gasteiger partial charge >= 0.3 is 5.97 Å². The summed E-state index contributed by atoms with van der Waals surface area (Å²) in [6.07, 6.45) is 6.58. The molecule has 1 aliphatic carbocycles. The molecule has 0 aromatic carbocycles. The van der Waals surface area contributed by atoms with Crippen LogP contribution in [-0.4, -0.2) is 34.2 Å². The van der Waals surface area contributed by atoms with Gasteiger partial charge in [-0.2, -0.15) is 0 Å². The van der Waals surface area contributed by atoms with E-state index >= 15 is 0 Å². The lowest BCUT2D eigenvalue weighted by Gasteiger charge is -2.19. The predicted octanol–water partition coefficient (Wildman–Crippen LogP) is 0.829. The van der Waals surface area contributed by atoms with Crippen molar-refractivity contribution in [3.63, 3.8) is 0 Å². The molecule has 0 aromatic rings. The van der Waals surface area contributed by atoms with Gasteiger partial charge in [0.25, 0.3) is 0 Å². The highest BCUT2D eigenvalue weighted by atomic mass is 16.4. The first-order valence-electron chi connectivity index (χ1n) is 5.82. The van der Waals surface area contributed by atoms with Crippen LogP contribution in [0.3, 0.4) is 0 Å². The van der Waals surface area contributed by atoms with Crippen LogP contribution in [0.15, 0.2) is 11.6 Å². The van der Waals surface area contributed by atoms with Crippen LogP contribution in [-0.2, 0) is 9.59 Å². The molecular weight excluding hydrogens is 222 g/mol. The van der Waals surface area contributed by atoms with E-state index in [-0.39, 0.29) is 12.5 Å². The third-order valence-corrected chi connectivity index (χ3v) is 2.86. The van der Waals surface area contributed by atoms with Gasteiger partial charge in [0.15, 0.2) is 5.60 Å². The number of allylic oxidation sites excluding steroid dienone is 1. The van der Waals surface area contributed by atoms with Crippen molar-refractivity contribution in [1.29, 1.82) is 0 Å². The number of rotatable bonds is 5. The Bertz CT molecular complexity index is 333. The molecule has 0 aliphatic heterocycles. The van der Waals surface area contributed by atoms with Crippen LogP contribution in [0.2, 0.25) is 0 Å². The monoisotopic (exact) mass is 241 g/mol. The average Bonchev–Trinajstić information content (AvgIpc) is 2.28. The van der Waals surface area contributed by atoms with E-state index in [0.29, 0.717) is 6.42 Å². The highest BCUT2D eigenvalue weighted by Crippen LogP contribution is 2.19. The molecule has 3 N–H and O–H groups in total. The van der Waals surface area contributed by atoms with Crippen molar-refractivity contribution in [3.05, 3.63) is 11.6 Å². The smallest absolute Gasteiger partial charge is 0.337 e. The Labute approximate surface area is 101 Å². The molecule has 1 aliphatic rings. The summed E-state index contributed by atoms with van der Waals surface area (Å²) in [7, 11) is 0. The van der Waals surface area contributed by atoms with Gasteiger partial charge in [0.2, 0.25) is 5.91 Å². The fourth-order valence-electron chi connectivity index (χ4n) is 1.68. The Morgan fingerprint density at radius 2 is 2.18 bits per heavy atom. The molecule has 0 radical (unpaired) electrons. The molecule has 17 heavy (non-hydrogen) atoms. The van der Waals surface area contributed by atoms with Gasteiger partial charge in [0.05, 0.1) is 6.54 Å². The molecule has 1 amide bonds. The second-order valence-electron chi connectivity index (χ2n) is 4.64. The lowest BCUT2D eigenvalue weighted by molar-refractivity contribution is -0.156. The van der Waals surface area contributed by atoms with Crippen molar-refractivity contribution in [1.82, 2.24) is 5.32 Å². The maximum absolute atomic E-state index is 11.5. The highest BCUT2D eigenvalue weighted by Gasteiger charge is 2.30. The zero-order chi connectivity index (χ0) is 12.9. The number of carboxylic acid groups (broad SMARTS) is 1. The topological polar surface area (TPSA) is 86.6 Å². The number of hydrogen-bond donors (Lipinski definition) is 3. The minimum absolute atomic E-state index is 0.236. The summed E-state index contributed by atoms with van der Waals surface area (Å²) < 4.78 is 0. The van der Waals surface area contributed by atoms with Gasteiger partial charge in [-0.05, 0) is 32.6 Å². The van der Waals surface area contributed by atoms with Gasteiger partial charge in [0, 0.05) is 6.42 Å². The van der Waals surface area contributed by atoms with Crippen molar-refractivity contribution >= 4 is 11.9 Å². The summed E-state index contributed by atoms with van der Waals surface area (Å²) in [4.78, 5) is 22.1. The van der Waals surface area contributed by atoms with E-state index in [9.17, 15) is 14.7 Å². The van der Waals surface area contributed by atoms with E-state index in [1.165, 1.54) is 6.42 Å². The first-order valence-corrected chi connectivity index (χ1v) is 5.82. The molecule has 0 fully saturated rings. The van der Waals surface area contributed by atoms with Crippen LogP contribution in [0, 0.1) is 0 Å². The van der Waals surface area contributed by atoms with Crippen molar-refractivity contribution < 1.29 is 19.8 Å². The third kappa shape index (κ3) is 4.56. The largest absolute Gasteiger partial charge is 0.479 e. The van der Waals surface area contributed by atoms with E-state index < -0.39 is 11.6 Å². The number of carbonyl (C=O) groups excluding carboxylic acids is 1. The van der Waals surface area contributed by atoms with Gasteiger partial charge < -0.3 is 15.5 Å². The number of aliphatic hydroxyl groups is 1. The van der Waals surface area contributed by atoms with Crippen LogP contribution < -0.4 is 5.32 Å². The van der Waals surface area contributed by atoms with Gasteiger partial charge in [0.1, 0.15) is 0 Å². The van der Waals surface area contributed by atoms with Gasteiger partial charge in [-0.25, -0.2) is 4.79 Å². The minimum Gasteiger partial charge on any atom is -0.479 e. The normalized spacial score (nSPS) is 19.1. The molecule has 0 saturated carbocycles. The van der Waals surface area contributed by atoms with Crippen LogP contribution in [0.5, 0.6) is 0 Å². The van der Waals surface area contributed by atoms with Gasteiger partial charge in [-0.1, -0.05) is 11.6 Å². The van der Waals surface area contributed by atoms with Crippen LogP contribution in [0.4, 0.5) is 0 Å². The summed E-state index contributed by atoms with van der Waals surface area (Å²) in [5.74, 6) is -1.57. The molecule has 0 spiro atoms. The molecule has 1 rings (SSSR count). The SMILES string of the molecule is CC(O)(CNC(=O)CC1=CCCCC1)C(=O)O. The Morgan fingerprint density at radius 1 is 1.47 bits per heavy atom. The van der Waals surface area contributed by atoms with E-state index in [1.54, 1.807) is 0 Å². The Kier molecular flexibility index (Phi) is 4.69. The maximum atomic E-state index is 11.5. The van der Waals surface area contributed by atoms with Crippen molar-refractivity contribution in [2.45, 2.75) is 44.6 Å². The van der Waals surface area contributed by atoms with E-state index in [4.69, 9.17) is 5.11 Å². The van der Waals surface area contributed by atoms with Crippen LogP contribution in [0.25, 0.3) is 0 Å². The molecule has 0 saturated heterocycles. The predicted molar refractivity (Wildman–Crippen MR) is 62.4 cm³/mol. The van der Waals surface area contributed by atoms with E-state index in [1.807, 2.05) is 0 Å². The molecule has 0 aromatic heterocycles. The lowest BCUT2D eigenvalue weighted by Crippen LogP contribution is -2.46. The molecule has 5 heteroatoms. The molecule has 1 atom stereocenters. The molecular formula is C12H19NO4. The molecule has 5 nitrogen and oxygen atoms in total. The third-order valence-electron chi connectivity index (χ3n) is 2.86. The van der Waals surface area contributed by atoms with Crippen LogP contribution in [0.1, 0.15) is 39.0 Å². The van der Waals surface area contributed by atoms with Crippen molar-refractivity contribution in [3.8, 4) is 0 Å². The summed E-state index contributed by atoms with van der Waals surface area (Å²) in [5, 5.41) is 20.5. The minimum atomic E-state index is -1.91. The first-order chi connectivity index (χ1) is 7.92. The molecule has 1 unspecified atom stereocenters. The van der Waals surface area contributed by atoms with Crippen molar-refractivity contribution in [2.75, 3.05) is 6.54 Å². The summed E-state index contributed by atoms with van der Waals surface area (Å²) >= 11 is 0. The highest BCUT2D eigenvalue weighted by molar-refractivity contribution is 5.81. The molecule has 0 bridgehead atoms. The second kappa shape index (κ2) is 5.82. The Hall–Kier alpha value is -1.36. The average molecular weight is 241 g/mol. The lowest BCUT2D eigenvalue weighted by atomic mass is 9.97. The Morgan fingerprint density at radius 3 is 2.71 bits per heavy atom. The maximum Gasteiger partial charge on any atom is 0.337 e. The molecule has 96 valence electrons. The van der Waals surface area contributed by atoms with E-state index in [0.717, 1.165) is 31.8 Å². The zero-order valence-corrected chi connectivity index (χ0v) is 10.0. The number of nitrogens with one attached hydrogen (secondary N) is 1. The summed E-state index contributed by atoms with van der Waals surface area (Å²) in [6, 6.07) is 0. The fourth-order valence-corrected chi connectivity index (χ4v) is 1.68. The summed E-state index contributed by atoms with van der Waals surface area (Å²) in [6.45, 7) is 0.893. The Balaban J connectivity index is 2.35. The van der Waals surface area contributed by atoms with Crippen LogP contribution >= 0.6 is 0 Å². The molecule has 0 heterocycles. The zero-order valence-electron chi connectivity index (χ0n) is 10.0. The van der Waals surface area contributed by atoms with Gasteiger partial charge in [-0.15, -0.1) is 0 Å². The number of carbonyl (C=O) groups is 2. The number of amides is 1. The summed E-state index contributed by atoms with van der Waals surface area (Å²) in [5.41, 5.74) is -0.805. The van der Waals surface area contributed by atoms with E-state index in [2.05, 4.69) is 11.4 Å². The second-order valence-corrected chi connectivity index (χ2v) is 4.64. The quantitative estimate of drug-likeness (QED) is 0.622. The first kappa shape index (κ1) is 13.7. The van der Waals surface area contributed by atoms with Crippen molar-refractivity contribution in [2.24, 2.45) is 0 Å². The fraction of sp³-hybridized carbons (Fsp3) is 0.667. The van der Waals surface area contributed by atoms with Gasteiger partial charge in [-0.3, -0.25) is 4.79 Å². The number of aliphatic carboxylic acids is 1. The number of hydrogen-bond acceptors (Lipinski definition) is 3. The standard InChI is InChI=1S/C12H19NO4/c1-12(17,11(15)16)8-13-10(14)7-9-5-3-2-4-6-9/h5,17H,2-4,6-8H2,1H3,(H,13,14)(H,15,16).